The van der Waals surface area contributed by atoms with E-state index in [0.717, 1.165) is 5.56 Å². The summed E-state index contributed by atoms with van der Waals surface area (Å²) in [4.78, 5) is 23.8. The number of carbonyl (C=O) groups excluding carboxylic acids is 2. The van der Waals surface area contributed by atoms with Crippen LogP contribution in [0, 0.1) is 0 Å². The average Bonchev–Trinajstić information content (AvgIpc) is 3.29. The molecule has 0 atom stereocenters. The fraction of sp³-hybridized carbons (Fsp3) is 0.0833. The van der Waals surface area contributed by atoms with Crippen molar-refractivity contribution in [1.29, 1.82) is 0 Å². The second kappa shape index (κ2) is 9.04. The van der Waals surface area contributed by atoms with Crippen LogP contribution in [-0.4, -0.2) is 28.5 Å². The first kappa shape index (κ1) is 20.0. The maximum absolute atomic E-state index is 12.3. The van der Waals surface area contributed by atoms with Gasteiger partial charge in [0.2, 0.25) is 5.89 Å². The Bertz CT molecular complexity index is 1220. The predicted octanol–water partition coefficient (Wildman–Crippen LogP) is 4.62. The van der Waals surface area contributed by atoms with Crippen LogP contribution in [0.2, 0.25) is 0 Å². The summed E-state index contributed by atoms with van der Waals surface area (Å²) in [5, 5.41) is 10.9. The fourth-order valence-corrected chi connectivity index (χ4v) is 2.95. The number of nitrogens with zero attached hydrogens (tertiary/aromatic N) is 2. The minimum atomic E-state index is -0.356. The highest BCUT2D eigenvalue weighted by atomic mass is 16.5. The number of rotatable bonds is 7. The first-order chi connectivity index (χ1) is 15.1. The fourth-order valence-electron chi connectivity index (χ4n) is 2.95. The molecule has 1 heterocycles. The van der Waals surface area contributed by atoms with Gasteiger partial charge in [-0.2, -0.15) is 0 Å². The molecule has 1 aromatic heterocycles. The van der Waals surface area contributed by atoms with Gasteiger partial charge in [0.15, 0.2) is 12.4 Å². The number of hydrogen-bond donors (Lipinski definition) is 1. The van der Waals surface area contributed by atoms with Crippen LogP contribution < -0.4 is 10.1 Å². The van der Waals surface area contributed by atoms with Crippen LogP contribution >= 0.6 is 0 Å². The molecule has 0 fully saturated rings. The van der Waals surface area contributed by atoms with Crippen molar-refractivity contribution in [3.63, 3.8) is 0 Å². The Morgan fingerprint density at radius 3 is 2.45 bits per heavy atom. The van der Waals surface area contributed by atoms with Crippen LogP contribution in [0.3, 0.4) is 0 Å². The molecule has 1 N–H and O–H groups in total. The summed E-state index contributed by atoms with van der Waals surface area (Å²) in [7, 11) is 0. The normalized spacial score (nSPS) is 10.5. The summed E-state index contributed by atoms with van der Waals surface area (Å²) in [5.74, 6) is 0.706. The molecule has 0 aliphatic heterocycles. The Hall–Kier alpha value is -4.26. The number of carbonyl (C=O) groups is 2. The highest BCUT2D eigenvalue weighted by Crippen LogP contribution is 2.30. The van der Waals surface area contributed by atoms with Crippen LogP contribution in [0.1, 0.15) is 17.3 Å². The molecule has 4 aromatic rings. The second-order valence-electron chi connectivity index (χ2n) is 6.75. The van der Waals surface area contributed by atoms with Gasteiger partial charge in [-0.3, -0.25) is 9.59 Å². The molecule has 0 aliphatic rings. The molecule has 0 unspecified atom stereocenters. The monoisotopic (exact) mass is 413 g/mol. The number of nitrogens with one attached hydrogen (secondary N) is 1. The molecule has 0 radical (unpaired) electrons. The maximum atomic E-state index is 12.3. The quantitative estimate of drug-likeness (QED) is 0.444. The summed E-state index contributed by atoms with van der Waals surface area (Å²) in [6.07, 6.45) is 0. The molecule has 3 aromatic carbocycles. The number of ketones is 1. The molecule has 154 valence electrons. The average molecular weight is 413 g/mol. The zero-order valence-electron chi connectivity index (χ0n) is 16.7. The Morgan fingerprint density at radius 1 is 0.903 bits per heavy atom. The van der Waals surface area contributed by atoms with Gasteiger partial charge in [-0.05, 0) is 43.3 Å². The number of aromatic nitrogens is 2. The smallest absolute Gasteiger partial charge is 0.262 e. The van der Waals surface area contributed by atoms with Crippen molar-refractivity contribution in [1.82, 2.24) is 10.2 Å². The van der Waals surface area contributed by atoms with Crippen molar-refractivity contribution >= 4 is 17.4 Å². The third-order valence-corrected chi connectivity index (χ3v) is 4.47. The SMILES string of the molecule is CC(=O)c1cccc(NC(=O)COc2ccccc2-c2nnc(-c3ccccc3)o2)c1. The Kier molecular flexibility index (Phi) is 5.84. The summed E-state index contributed by atoms with van der Waals surface area (Å²) < 4.78 is 11.5. The molecule has 0 saturated heterocycles. The topological polar surface area (TPSA) is 94.3 Å². The molecular weight excluding hydrogens is 394 g/mol. The Labute approximate surface area is 178 Å². The van der Waals surface area contributed by atoms with Crippen molar-refractivity contribution in [3.05, 3.63) is 84.4 Å². The summed E-state index contributed by atoms with van der Waals surface area (Å²) in [5.41, 5.74) is 2.45. The Morgan fingerprint density at radius 2 is 1.65 bits per heavy atom. The van der Waals surface area contributed by atoms with Crippen LogP contribution in [-0.2, 0) is 4.79 Å². The van der Waals surface area contributed by atoms with Gasteiger partial charge < -0.3 is 14.5 Å². The minimum absolute atomic E-state index is 0.0734. The van der Waals surface area contributed by atoms with Gasteiger partial charge in [0.25, 0.3) is 11.8 Å². The lowest BCUT2D eigenvalue weighted by Gasteiger charge is -2.10. The number of benzene rings is 3. The number of anilines is 1. The zero-order chi connectivity index (χ0) is 21.6. The van der Waals surface area contributed by atoms with E-state index in [9.17, 15) is 9.59 Å². The molecule has 0 saturated carbocycles. The third kappa shape index (κ3) is 4.84. The van der Waals surface area contributed by atoms with Crippen LogP contribution in [0.5, 0.6) is 5.75 Å². The largest absolute Gasteiger partial charge is 0.483 e. The molecule has 7 nitrogen and oxygen atoms in total. The van der Waals surface area contributed by atoms with Gasteiger partial charge in [0.1, 0.15) is 5.75 Å². The van der Waals surface area contributed by atoms with Crippen molar-refractivity contribution in [3.8, 4) is 28.7 Å². The molecule has 1 amide bonds. The van der Waals surface area contributed by atoms with Crippen LogP contribution in [0.4, 0.5) is 5.69 Å². The number of Topliss-reactive ketones (excluding diaryl/α,β-unsaturated/α-hetero) is 1. The standard InChI is InChI=1S/C24H19N3O4/c1-16(28)18-10-7-11-19(14-18)25-22(29)15-30-21-13-6-5-12-20(21)24-27-26-23(31-24)17-8-3-2-4-9-17/h2-14H,15H2,1H3,(H,25,29). The van der Waals surface area contributed by atoms with E-state index in [4.69, 9.17) is 9.15 Å². The van der Waals surface area contributed by atoms with Gasteiger partial charge in [0.05, 0.1) is 5.56 Å². The third-order valence-electron chi connectivity index (χ3n) is 4.47. The van der Waals surface area contributed by atoms with Crippen molar-refractivity contribution in [2.75, 3.05) is 11.9 Å². The van der Waals surface area contributed by atoms with Crippen molar-refractivity contribution in [2.24, 2.45) is 0 Å². The van der Waals surface area contributed by atoms with Crippen LogP contribution in [0.25, 0.3) is 22.9 Å². The molecule has 4 rings (SSSR count). The lowest BCUT2D eigenvalue weighted by molar-refractivity contribution is -0.118. The van der Waals surface area contributed by atoms with E-state index in [1.807, 2.05) is 36.4 Å². The van der Waals surface area contributed by atoms with Gasteiger partial charge >= 0.3 is 0 Å². The van der Waals surface area contributed by atoms with E-state index in [-0.39, 0.29) is 18.3 Å². The highest BCUT2D eigenvalue weighted by Gasteiger charge is 2.15. The molecule has 0 aliphatic carbocycles. The molecule has 31 heavy (non-hydrogen) atoms. The van der Waals surface area contributed by atoms with Gasteiger partial charge in [-0.1, -0.05) is 42.5 Å². The van der Waals surface area contributed by atoms with Crippen molar-refractivity contribution in [2.45, 2.75) is 6.92 Å². The predicted molar refractivity (Wildman–Crippen MR) is 116 cm³/mol. The lowest BCUT2D eigenvalue weighted by atomic mass is 10.1. The van der Waals surface area contributed by atoms with E-state index in [0.29, 0.717) is 34.3 Å². The number of para-hydroxylation sites is 1. The van der Waals surface area contributed by atoms with E-state index >= 15 is 0 Å². The number of amides is 1. The molecule has 0 spiro atoms. The first-order valence-electron chi connectivity index (χ1n) is 9.62. The van der Waals surface area contributed by atoms with E-state index in [1.165, 1.54) is 6.92 Å². The summed E-state index contributed by atoms with van der Waals surface area (Å²) in [6, 6.07) is 23.3. The lowest BCUT2D eigenvalue weighted by Crippen LogP contribution is -2.20. The minimum Gasteiger partial charge on any atom is -0.483 e. The van der Waals surface area contributed by atoms with Crippen molar-refractivity contribution < 1.29 is 18.7 Å². The second-order valence-corrected chi connectivity index (χ2v) is 6.75. The number of hydrogen-bond acceptors (Lipinski definition) is 6. The van der Waals surface area contributed by atoms with E-state index in [2.05, 4.69) is 15.5 Å². The van der Waals surface area contributed by atoms with E-state index < -0.39 is 0 Å². The van der Waals surface area contributed by atoms with Crippen LogP contribution in [0.15, 0.2) is 83.3 Å². The van der Waals surface area contributed by atoms with Gasteiger partial charge in [0, 0.05) is 16.8 Å². The molecular formula is C24H19N3O4. The molecule has 7 heteroatoms. The first-order valence-corrected chi connectivity index (χ1v) is 9.62. The number of ether oxygens (including phenoxy) is 1. The van der Waals surface area contributed by atoms with Gasteiger partial charge in [-0.15, -0.1) is 10.2 Å². The zero-order valence-corrected chi connectivity index (χ0v) is 16.7. The molecule has 0 bridgehead atoms. The summed E-state index contributed by atoms with van der Waals surface area (Å²) >= 11 is 0. The Balaban J connectivity index is 1.46. The highest BCUT2D eigenvalue weighted by molar-refractivity contribution is 5.97. The maximum Gasteiger partial charge on any atom is 0.262 e. The summed E-state index contributed by atoms with van der Waals surface area (Å²) in [6.45, 7) is 1.25. The van der Waals surface area contributed by atoms with Gasteiger partial charge in [-0.25, -0.2) is 0 Å². The van der Waals surface area contributed by atoms with E-state index in [1.54, 1.807) is 42.5 Å².